The van der Waals surface area contributed by atoms with Gasteiger partial charge in [0.25, 0.3) is 0 Å². The van der Waals surface area contributed by atoms with Crippen molar-refractivity contribution in [3.8, 4) is 0 Å². The van der Waals surface area contributed by atoms with Crippen LogP contribution in [-0.4, -0.2) is 11.6 Å². The molecule has 0 bridgehead atoms. The van der Waals surface area contributed by atoms with Gasteiger partial charge < -0.3 is 0 Å². The van der Waals surface area contributed by atoms with Crippen LogP contribution in [0.1, 0.15) is 37.6 Å². The predicted molar refractivity (Wildman–Crippen MR) is 67.6 cm³/mol. The molecule has 0 amide bonds. The van der Waals surface area contributed by atoms with Crippen LogP contribution in [0.25, 0.3) is 0 Å². The maximum absolute atomic E-state index is 11.8. The molecule has 0 saturated carbocycles. The molecule has 0 atom stereocenters. The summed E-state index contributed by atoms with van der Waals surface area (Å²) in [6.45, 7) is 5.47. The third-order valence-electron chi connectivity index (χ3n) is 2.30. The largest absolute Gasteiger partial charge is 0.299 e. The van der Waals surface area contributed by atoms with E-state index in [1.165, 1.54) is 0 Å². The van der Waals surface area contributed by atoms with E-state index >= 15 is 0 Å². The van der Waals surface area contributed by atoms with Gasteiger partial charge in [0, 0.05) is 15.5 Å². The Morgan fingerprint density at radius 1 is 1.25 bits per heavy atom. The molecule has 3 heteroatoms. The fourth-order valence-corrected chi connectivity index (χ4v) is 1.57. The lowest BCUT2D eigenvalue weighted by Crippen LogP contribution is -2.23. The summed E-state index contributed by atoms with van der Waals surface area (Å²) in [5.41, 5.74) is 0.119. The van der Waals surface area contributed by atoms with Crippen molar-refractivity contribution in [2.24, 2.45) is 5.41 Å². The molecule has 0 N–H and O–H groups in total. The Morgan fingerprint density at radius 2 is 1.88 bits per heavy atom. The number of rotatable bonds is 3. The minimum atomic E-state index is -0.457. The van der Waals surface area contributed by atoms with Crippen molar-refractivity contribution in [1.29, 1.82) is 0 Å². The van der Waals surface area contributed by atoms with Crippen LogP contribution in [0.3, 0.4) is 0 Å². The van der Waals surface area contributed by atoms with Crippen molar-refractivity contribution in [1.82, 2.24) is 0 Å². The molecule has 0 saturated heterocycles. The van der Waals surface area contributed by atoms with E-state index in [0.717, 1.165) is 4.47 Å². The number of ketones is 2. The molecule has 0 aliphatic heterocycles. The van der Waals surface area contributed by atoms with Gasteiger partial charge in [-0.3, -0.25) is 9.59 Å². The Hall–Kier alpha value is -0.960. The second-order valence-electron chi connectivity index (χ2n) is 4.78. The van der Waals surface area contributed by atoms with Crippen LogP contribution in [0.4, 0.5) is 0 Å². The lowest BCUT2D eigenvalue weighted by atomic mass is 9.87. The highest BCUT2D eigenvalue weighted by Gasteiger charge is 2.24. The molecule has 86 valence electrons. The Kier molecular flexibility index (Phi) is 4.03. The van der Waals surface area contributed by atoms with E-state index in [2.05, 4.69) is 15.9 Å². The Balaban J connectivity index is 2.78. The SMILES string of the molecule is CC(C)(C)C(=O)CC(=O)c1cccc(Br)c1. The predicted octanol–water partition coefficient (Wildman–Crippen LogP) is 3.64. The summed E-state index contributed by atoms with van der Waals surface area (Å²) in [6, 6.07) is 7.10. The van der Waals surface area contributed by atoms with Gasteiger partial charge in [0.2, 0.25) is 0 Å². The average Bonchev–Trinajstić information content (AvgIpc) is 2.16. The highest BCUT2D eigenvalue weighted by Crippen LogP contribution is 2.19. The summed E-state index contributed by atoms with van der Waals surface area (Å²) in [4.78, 5) is 23.5. The van der Waals surface area contributed by atoms with Crippen LogP contribution in [0.5, 0.6) is 0 Å². The molecular formula is C13H15BrO2. The summed E-state index contributed by atoms with van der Waals surface area (Å²) >= 11 is 3.30. The lowest BCUT2D eigenvalue weighted by molar-refractivity contribution is -0.125. The van der Waals surface area contributed by atoms with Crippen LogP contribution in [-0.2, 0) is 4.79 Å². The first-order valence-electron chi connectivity index (χ1n) is 5.13. The number of halogens is 1. The Bertz CT molecular complexity index is 416. The first kappa shape index (κ1) is 13.1. The van der Waals surface area contributed by atoms with Gasteiger partial charge in [-0.2, -0.15) is 0 Å². The van der Waals surface area contributed by atoms with E-state index in [4.69, 9.17) is 0 Å². The molecule has 1 aromatic carbocycles. The van der Waals surface area contributed by atoms with Crippen LogP contribution < -0.4 is 0 Å². The molecule has 0 aliphatic carbocycles. The zero-order valence-electron chi connectivity index (χ0n) is 9.71. The lowest BCUT2D eigenvalue weighted by Gasteiger charge is -2.15. The molecule has 0 fully saturated rings. The normalized spacial score (nSPS) is 11.2. The van der Waals surface area contributed by atoms with Crippen molar-refractivity contribution >= 4 is 27.5 Å². The zero-order chi connectivity index (χ0) is 12.3. The zero-order valence-corrected chi connectivity index (χ0v) is 11.3. The van der Waals surface area contributed by atoms with Gasteiger partial charge in [0.1, 0.15) is 5.78 Å². The van der Waals surface area contributed by atoms with E-state index < -0.39 is 5.41 Å². The molecule has 0 spiro atoms. The maximum atomic E-state index is 11.8. The Labute approximate surface area is 104 Å². The van der Waals surface area contributed by atoms with Gasteiger partial charge in [-0.1, -0.05) is 48.8 Å². The van der Waals surface area contributed by atoms with Gasteiger partial charge in [-0.15, -0.1) is 0 Å². The van der Waals surface area contributed by atoms with Crippen molar-refractivity contribution in [3.05, 3.63) is 34.3 Å². The third-order valence-corrected chi connectivity index (χ3v) is 2.80. The van der Waals surface area contributed by atoms with Crippen LogP contribution >= 0.6 is 15.9 Å². The van der Waals surface area contributed by atoms with Crippen LogP contribution in [0.15, 0.2) is 28.7 Å². The highest BCUT2D eigenvalue weighted by atomic mass is 79.9. The minimum Gasteiger partial charge on any atom is -0.299 e. The fourth-order valence-electron chi connectivity index (χ4n) is 1.17. The summed E-state index contributed by atoms with van der Waals surface area (Å²) in [5, 5.41) is 0. The molecular weight excluding hydrogens is 268 g/mol. The molecule has 16 heavy (non-hydrogen) atoms. The monoisotopic (exact) mass is 282 g/mol. The molecule has 1 rings (SSSR count). The third kappa shape index (κ3) is 3.56. The Morgan fingerprint density at radius 3 is 2.38 bits per heavy atom. The molecule has 0 unspecified atom stereocenters. The van der Waals surface area contributed by atoms with Crippen LogP contribution in [0, 0.1) is 5.41 Å². The molecule has 2 nitrogen and oxygen atoms in total. The first-order valence-corrected chi connectivity index (χ1v) is 5.92. The number of hydrogen-bond donors (Lipinski definition) is 0. The van der Waals surface area contributed by atoms with Gasteiger partial charge in [-0.25, -0.2) is 0 Å². The number of Topliss-reactive ketones (excluding diaryl/α,β-unsaturated/α-hetero) is 2. The summed E-state index contributed by atoms with van der Waals surface area (Å²) < 4.78 is 0.849. The van der Waals surface area contributed by atoms with E-state index in [0.29, 0.717) is 5.56 Å². The number of benzene rings is 1. The highest BCUT2D eigenvalue weighted by molar-refractivity contribution is 9.10. The van der Waals surface area contributed by atoms with E-state index in [-0.39, 0.29) is 18.0 Å². The summed E-state index contributed by atoms with van der Waals surface area (Å²) in [7, 11) is 0. The topological polar surface area (TPSA) is 34.1 Å². The van der Waals surface area contributed by atoms with Gasteiger partial charge in [0.05, 0.1) is 6.42 Å². The second-order valence-corrected chi connectivity index (χ2v) is 5.70. The summed E-state index contributed by atoms with van der Waals surface area (Å²) in [5.74, 6) is -0.154. The maximum Gasteiger partial charge on any atom is 0.170 e. The van der Waals surface area contributed by atoms with Crippen molar-refractivity contribution in [2.45, 2.75) is 27.2 Å². The fraction of sp³-hybridized carbons (Fsp3) is 0.385. The molecule has 0 aliphatic rings. The standard InChI is InChI=1S/C13H15BrO2/c1-13(2,3)12(16)8-11(15)9-5-4-6-10(14)7-9/h4-7H,8H2,1-3H3. The van der Waals surface area contributed by atoms with Crippen molar-refractivity contribution in [2.75, 3.05) is 0 Å². The smallest absolute Gasteiger partial charge is 0.170 e. The average molecular weight is 283 g/mol. The number of hydrogen-bond acceptors (Lipinski definition) is 2. The van der Waals surface area contributed by atoms with E-state index in [9.17, 15) is 9.59 Å². The number of carbonyl (C=O) groups excluding carboxylic acids is 2. The first-order chi connectivity index (χ1) is 7.30. The van der Waals surface area contributed by atoms with Crippen LogP contribution in [0.2, 0.25) is 0 Å². The van der Waals surface area contributed by atoms with Gasteiger partial charge >= 0.3 is 0 Å². The van der Waals surface area contributed by atoms with Crippen molar-refractivity contribution in [3.63, 3.8) is 0 Å². The number of carbonyl (C=O) groups is 2. The van der Waals surface area contributed by atoms with Crippen molar-refractivity contribution < 1.29 is 9.59 Å². The molecule has 0 heterocycles. The quantitative estimate of drug-likeness (QED) is 0.627. The summed E-state index contributed by atoms with van der Waals surface area (Å²) in [6.07, 6.45) is -0.0278. The molecule has 0 radical (unpaired) electrons. The molecule has 1 aromatic rings. The second kappa shape index (κ2) is 4.91. The van der Waals surface area contributed by atoms with E-state index in [1.807, 2.05) is 26.8 Å². The van der Waals surface area contributed by atoms with Gasteiger partial charge in [-0.05, 0) is 12.1 Å². The minimum absolute atomic E-state index is 0.0278. The van der Waals surface area contributed by atoms with Gasteiger partial charge in [0.15, 0.2) is 5.78 Å². The molecule has 0 aromatic heterocycles. The van der Waals surface area contributed by atoms with E-state index in [1.54, 1.807) is 18.2 Å².